The Kier molecular flexibility index (Phi) is 5.38. The highest BCUT2D eigenvalue weighted by Gasteiger charge is 2.25. The molecule has 1 aliphatic rings. The molecule has 0 spiro atoms. The SMILES string of the molecule is CCn1cnnc1CN(C)S(=O)(=O)c1cccc(C(=O)NC2CCC2)c1. The summed E-state index contributed by atoms with van der Waals surface area (Å²) < 4.78 is 28.7. The molecule has 1 saturated carbocycles. The Morgan fingerprint density at radius 2 is 2.15 bits per heavy atom. The predicted molar refractivity (Wildman–Crippen MR) is 95.9 cm³/mol. The third kappa shape index (κ3) is 3.78. The number of rotatable bonds is 7. The van der Waals surface area contributed by atoms with Crippen LogP contribution < -0.4 is 5.32 Å². The van der Waals surface area contributed by atoms with Crippen LogP contribution in [-0.4, -0.2) is 46.5 Å². The van der Waals surface area contributed by atoms with Gasteiger partial charge in [-0.25, -0.2) is 8.42 Å². The molecule has 140 valence electrons. The number of aryl methyl sites for hydroxylation is 1. The van der Waals surface area contributed by atoms with Gasteiger partial charge in [0.25, 0.3) is 5.91 Å². The normalized spacial score (nSPS) is 15.0. The van der Waals surface area contributed by atoms with Gasteiger partial charge < -0.3 is 9.88 Å². The lowest BCUT2D eigenvalue weighted by Crippen LogP contribution is -2.39. The zero-order valence-corrected chi connectivity index (χ0v) is 15.7. The summed E-state index contributed by atoms with van der Waals surface area (Å²) in [4.78, 5) is 12.4. The number of aromatic nitrogens is 3. The standard InChI is InChI=1S/C17H23N5O3S/c1-3-22-12-18-20-16(22)11-21(2)26(24,25)15-9-4-6-13(10-15)17(23)19-14-7-5-8-14/h4,6,9-10,12,14H,3,5,7-8,11H2,1-2H3,(H,19,23). The number of hydrogen-bond acceptors (Lipinski definition) is 5. The van der Waals surface area contributed by atoms with Crippen molar-refractivity contribution >= 4 is 15.9 Å². The van der Waals surface area contributed by atoms with E-state index in [-0.39, 0.29) is 23.4 Å². The fourth-order valence-corrected chi connectivity index (χ4v) is 3.92. The first kappa shape index (κ1) is 18.5. The fourth-order valence-electron chi connectivity index (χ4n) is 2.75. The van der Waals surface area contributed by atoms with Crippen molar-refractivity contribution in [2.24, 2.45) is 0 Å². The first-order chi connectivity index (χ1) is 12.4. The van der Waals surface area contributed by atoms with Gasteiger partial charge in [-0.1, -0.05) is 6.07 Å². The Hall–Kier alpha value is -2.26. The van der Waals surface area contributed by atoms with E-state index in [9.17, 15) is 13.2 Å². The molecule has 26 heavy (non-hydrogen) atoms. The lowest BCUT2D eigenvalue weighted by molar-refractivity contribution is 0.0916. The minimum Gasteiger partial charge on any atom is -0.349 e. The van der Waals surface area contributed by atoms with Crippen LogP contribution in [0, 0.1) is 0 Å². The van der Waals surface area contributed by atoms with Gasteiger partial charge in [0.05, 0.1) is 11.4 Å². The van der Waals surface area contributed by atoms with Gasteiger partial charge in [0, 0.05) is 25.2 Å². The second-order valence-corrected chi connectivity index (χ2v) is 8.47. The zero-order valence-electron chi connectivity index (χ0n) is 14.9. The maximum Gasteiger partial charge on any atom is 0.251 e. The molecule has 2 aromatic rings. The first-order valence-corrected chi connectivity index (χ1v) is 10.1. The summed E-state index contributed by atoms with van der Waals surface area (Å²) >= 11 is 0. The summed E-state index contributed by atoms with van der Waals surface area (Å²) in [7, 11) is -2.25. The Morgan fingerprint density at radius 3 is 2.81 bits per heavy atom. The van der Waals surface area contributed by atoms with Gasteiger partial charge in [-0.15, -0.1) is 10.2 Å². The van der Waals surface area contributed by atoms with Crippen molar-refractivity contribution in [3.8, 4) is 0 Å². The van der Waals surface area contributed by atoms with E-state index >= 15 is 0 Å². The highest BCUT2D eigenvalue weighted by atomic mass is 32.2. The number of nitrogens with zero attached hydrogens (tertiary/aromatic N) is 4. The van der Waals surface area contributed by atoms with Crippen molar-refractivity contribution in [2.75, 3.05) is 7.05 Å². The van der Waals surface area contributed by atoms with Crippen LogP contribution in [0.5, 0.6) is 0 Å². The van der Waals surface area contributed by atoms with Crippen molar-refractivity contribution in [1.29, 1.82) is 0 Å². The molecule has 1 aromatic carbocycles. The Labute approximate surface area is 153 Å². The Morgan fingerprint density at radius 1 is 1.38 bits per heavy atom. The molecule has 0 unspecified atom stereocenters. The van der Waals surface area contributed by atoms with Crippen LogP contribution >= 0.6 is 0 Å². The number of sulfonamides is 1. The molecular weight excluding hydrogens is 354 g/mol. The van der Waals surface area contributed by atoms with Crippen molar-refractivity contribution in [1.82, 2.24) is 24.4 Å². The number of amides is 1. The molecule has 0 radical (unpaired) electrons. The lowest BCUT2D eigenvalue weighted by atomic mass is 9.93. The highest BCUT2D eigenvalue weighted by molar-refractivity contribution is 7.89. The monoisotopic (exact) mass is 377 g/mol. The molecule has 1 heterocycles. The molecule has 0 aliphatic heterocycles. The number of carbonyl (C=O) groups is 1. The van der Waals surface area contributed by atoms with Crippen molar-refractivity contribution < 1.29 is 13.2 Å². The van der Waals surface area contributed by atoms with E-state index in [1.165, 1.54) is 23.5 Å². The maximum absolute atomic E-state index is 12.9. The fraction of sp³-hybridized carbons (Fsp3) is 0.471. The zero-order chi connectivity index (χ0) is 18.7. The predicted octanol–water partition coefficient (Wildman–Crippen LogP) is 1.40. The molecule has 0 saturated heterocycles. The van der Waals surface area contributed by atoms with Gasteiger partial charge in [-0.05, 0) is 44.4 Å². The molecule has 1 aliphatic carbocycles. The second kappa shape index (κ2) is 7.55. The van der Waals surface area contributed by atoms with Crippen LogP contribution in [0.4, 0.5) is 0 Å². The summed E-state index contributed by atoms with van der Waals surface area (Å²) in [6.45, 7) is 2.70. The van der Waals surface area contributed by atoms with Gasteiger partial charge in [-0.2, -0.15) is 4.31 Å². The molecule has 1 fully saturated rings. The van der Waals surface area contributed by atoms with Crippen LogP contribution in [0.2, 0.25) is 0 Å². The van der Waals surface area contributed by atoms with E-state index in [0.717, 1.165) is 19.3 Å². The summed E-state index contributed by atoms with van der Waals surface area (Å²) in [5, 5.41) is 10.7. The van der Waals surface area contributed by atoms with E-state index in [1.807, 2.05) is 6.92 Å². The van der Waals surface area contributed by atoms with Crippen molar-refractivity contribution in [2.45, 2.75) is 50.2 Å². The topological polar surface area (TPSA) is 97.2 Å². The van der Waals surface area contributed by atoms with Gasteiger partial charge >= 0.3 is 0 Å². The number of carbonyl (C=O) groups excluding carboxylic acids is 1. The molecule has 9 heteroatoms. The molecular formula is C17H23N5O3S. The van der Waals surface area contributed by atoms with Gasteiger partial charge in [-0.3, -0.25) is 4.79 Å². The van der Waals surface area contributed by atoms with Gasteiger partial charge in [0.15, 0.2) is 0 Å². The molecule has 8 nitrogen and oxygen atoms in total. The third-order valence-electron chi connectivity index (χ3n) is 4.65. The van der Waals surface area contributed by atoms with Crippen LogP contribution in [-0.2, 0) is 23.1 Å². The van der Waals surface area contributed by atoms with Crippen LogP contribution in [0.15, 0.2) is 35.5 Å². The smallest absolute Gasteiger partial charge is 0.251 e. The highest BCUT2D eigenvalue weighted by Crippen LogP contribution is 2.20. The minimum absolute atomic E-state index is 0.0869. The Bertz CT molecular complexity index is 889. The van der Waals surface area contributed by atoms with Crippen molar-refractivity contribution in [3.63, 3.8) is 0 Å². The van der Waals surface area contributed by atoms with Crippen LogP contribution in [0.3, 0.4) is 0 Å². The molecule has 1 N–H and O–H groups in total. The average Bonchev–Trinajstić information content (AvgIpc) is 3.05. The molecule has 1 aromatic heterocycles. The van der Waals surface area contributed by atoms with Crippen LogP contribution in [0.25, 0.3) is 0 Å². The number of nitrogens with one attached hydrogen (secondary N) is 1. The number of hydrogen-bond donors (Lipinski definition) is 1. The molecule has 0 atom stereocenters. The largest absolute Gasteiger partial charge is 0.349 e. The first-order valence-electron chi connectivity index (χ1n) is 8.65. The Balaban J connectivity index is 1.77. The van der Waals surface area contributed by atoms with E-state index in [4.69, 9.17) is 0 Å². The molecule has 1 amide bonds. The van der Waals surface area contributed by atoms with E-state index < -0.39 is 10.0 Å². The number of benzene rings is 1. The molecule has 0 bridgehead atoms. The summed E-state index contributed by atoms with van der Waals surface area (Å²) in [6, 6.07) is 6.33. The van der Waals surface area contributed by atoms with Gasteiger partial charge in [0.2, 0.25) is 10.0 Å². The summed E-state index contributed by atoms with van der Waals surface area (Å²) in [5.74, 6) is 0.331. The van der Waals surface area contributed by atoms with Crippen molar-refractivity contribution in [3.05, 3.63) is 42.0 Å². The lowest BCUT2D eigenvalue weighted by Gasteiger charge is -2.26. The van der Waals surface area contributed by atoms with E-state index in [0.29, 0.717) is 17.9 Å². The van der Waals surface area contributed by atoms with E-state index in [2.05, 4.69) is 15.5 Å². The summed E-state index contributed by atoms with van der Waals surface area (Å²) in [6.07, 6.45) is 4.64. The summed E-state index contributed by atoms with van der Waals surface area (Å²) in [5.41, 5.74) is 0.350. The molecule has 3 rings (SSSR count). The quantitative estimate of drug-likeness (QED) is 0.787. The van der Waals surface area contributed by atoms with Gasteiger partial charge in [0.1, 0.15) is 12.2 Å². The third-order valence-corrected chi connectivity index (χ3v) is 6.44. The minimum atomic E-state index is -3.74. The van der Waals surface area contributed by atoms with E-state index in [1.54, 1.807) is 23.0 Å². The maximum atomic E-state index is 12.9. The second-order valence-electron chi connectivity index (χ2n) is 6.42. The van der Waals surface area contributed by atoms with Crippen LogP contribution in [0.1, 0.15) is 42.4 Å². The average molecular weight is 377 g/mol.